The molecule has 1 saturated heterocycles. The molecule has 0 saturated carbocycles. The minimum Gasteiger partial charge on any atom is -0.489 e. The molecule has 0 aliphatic carbocycles. The molecule has 0 unspecified atom stereocenters. The quantitative estimate of drug-likeness (QED) is 0.651. The number of nitrogens with one attached hydrogen (secondary N) is 1. The first-order valence-corrected chi connectivity index (χ1v) is 10.5. The number of amides is 1. The van der Waals surface area contributed by atoms with Gasteiger partial charge in [0, 0.05) is 44.7 Å². The van der Waals surface area contributed by atoms with Crippen LogP contribution in [0.2, 0.25) is 0 Å². The summed E-state index contributed by atoms with van der Waals surface area (Å²) < 4.78 is 11.7. The van der Waals surface area contributed by atoms with Crippen LogP contribution in [0.15, 0.2) is 52.9 Å². The fourth-order valence-electron chi connectivity index (χ4n) is 3.80. The van der Waals surface area contributed by atoms with E-state index in [1.165, 1.54) is 0 Å². The number of piperazine rings is 1. The highest BCUT2D eigenvalue weighted by Gasteiger charge is 2.19. The van der Waals surface area contributed by atoms with Gasteiger partial charge in [-0.15, -0.1) is 0 Å². The van der Waals surface area contributed by atoms with Gasteiger partial charge in [-0.05, 0) is 37.7 Å². The smallest absolute Gasteiger partial charge is 0.255 e. The number of carbonyl (C=O) groups excluding carboxylic acids is 1. The van der Waals surface area contributed by atoms with Gasteiger partial charge in [0.1, 0.15) is 23.7 Å². The van der Waals surface area contributed by atoms with Crippen LogP contribution in [0, 0.1) is 6.92 Å². The second kappa shape index (κ2) is 9.32. The van der Waals surface area contributed by atoms with Gasteiger partial charge < -0.3 is 19.4 Å². The molecule has 1 fully saturated rings. The second-order valence-electron chi connectivity index (χ2n) is 7.87. The Morgan fingerprint density at radius 2 is 1.87 bits per heavy atom. The van der Waals surface area contributed by atoms with Crippen molar-refractivity contribution < 1.29 is 13.9 Å². The lowest BCUT2D eigenvalue weighted by atomic mass is 10.1. The van der Waals surface area contributed by atoms with Crippen molar-refractivity contribution in [1.82, 2.24) is 15.1 Å². The second-order valence-corrected chi connectivity index (χ2v) is 7.87. The highest BCUT2D eigenvalue weighted by molar-refractivity contribution is 6.07. The van der Waals surface area contributed by atoms with Gasteiger partial charge in [0.05, 0.1) is 5.56 Å². The fraction of sp³-hybridized carbons (Fsp3) is 0.375. The molecule has 0 spiro atoms. The van der Waals surface area contributed by atoms with Gasteiger partial charge in [0.2, 0.25) is 0 Å². The Labute approximate surface area is 177 Å². The van der Waals surface area contributed by atoms with Gasteiger partial charge in [-0.2, -0.15) is 0 Å². The van der Waals surface area contributed by atoms with Gasteiger partial charge in [-0.3, -0.25) is 9.69 Å². The molecular weight excluding hydrogens is 378 g/mol. The minimum atomic E-state index is -0.0967. The lowest BCUT2D eigenvalue weighted by Gasteiger charge is -2.32. The minimum absolute atomic E-state index is 0.0967. The number of hydrogen-bond acceptors (Lipinski definition) is 5. The summed E-state index contributed by atoms with van der Waals surface area (Å²) >= 11 is 0. The summed E-state index contributed by atoms with van der Waals surface area (Å²) in [5, 5.41) is 3.85. The van der Waals surface area contributed by atoms with E-state index in [9.17, 15) is 4.79 Å². The van der Waals surface area contributed by atoms with Crippen molar-refractivity contribution in [2.24, 2.45) is 0 Å². The van der Waals surface area contributed by atoms with E-state index in [1.54, 1.807) is 0 Å². The topological polar surface area (TPSA) is 58.0 Å². The van der Waals surface area contributed by atoms with Crippen LogP contribution in [0.5, 0.6) is 5.75 Å². The van der Waals surface area contributed by atoms with Crippen molar-refractivity contribution in [2.45, 2.75) is 13.5 Å². The van der Waals surface area contributed by atoms with Crippen molar-refractivity contribution >= 4 is 16.9 Å². The Balaban J connectivity index is 1.40. The maximum Gasteiger partial charge on any atom is 0.255 e. The highest BCUT2D eigenvalue weighted by Crippen LogP contribution is 2.29. The number of hydrogen-bond donors (Lipinski definition) is 1. The summed E-state index contributed by atoms with van der Waals surface area (Å²) in [6.07, 6.45) is 0. The van der Waals surface area contributed by atoms with Gasteiger partial charge >= 0.3 is 0 Å². The zero-order valence-electron chi connectivity index (χ0n) is 17.7. The number of benzene rings is 2. The fourth-order valence-corrected chi connectivity index (χ4v) is 3.80. The molecule has 4 rings (SSSR count). The van der Waals surface area contributed by atoms with E-state index < -0.39 is 0 Å². The van der Waals surface area contributed by atoms with Crippen molar-refractivity contribution in [2.75, 3.05) is 46.3 Å². The van der Waals surface area contributed by atoms with Crippen LogP contribution in [-0.4, -0.2) is 62.0 Å². The molecule has 1 aliphatic heterocycles. The standard InChI is InChI=1S/C24H29N3O3/c1-18-23(24(28)25-10-11-27-14-12-26(2)13-15-27)21-16-20(8-9-22(21)30-18)29-17-19-6-4-3-5-7-19/h3-9,16H,10-15,17H2,1-2H3,(H,25,28). The Morgan fingerprint density at radius 3 is 2.63 bits per heavy atom. The summed E-state index contributed by atoms with van der Waals surface area (Å²) in [5.41, 5.74) is 2.39. The number of furan rings is 1. The average molecular weight is 408 g/mol. The molecule has 30 heavy (non-hydrogen) atoms. The highest BCUT2D eigenvalue weighted by atomic mass is 16.5. The molecule has 1 N–H and O–H groups in total. The molecule has 1 amide bonds. The van der Waals surface area contributed by atoms with E-state index in [0.29, 0.717) is 30.1 Å². The molecular formula is C24H29N3O3. The molecule has 0 bridgehead atoms. The van der Waals surface area contributed by atoms with E-state index >= 15 is 0 Å². The molecule has 2 heterocycles. The van der Waals surface area contributed by atoms with Crippen molar-refractivity contribution in [1.29, 1.82) is 0 Å². The van der Waals surface area contributed by atoms with Crippen LogP contribution in [-0.2, 0) is 6.61 Å². The Kier molecular flexibility index (Phi) is 6.35. The summed E-state index contributed by atoms with van der Waals surface area (Å²) in [4.78, 5) is 17.6. The third-order valence-corrected chi connectivity index (χ3v) is 5.62. The van der Waals surface area contributed by atoms with Crippen LogP contribution in [0.3, 0.4) is 0 Å². The van der Waals surface area contributed by atoms with E-state index in [2.05, 4.69) is 22.2 Å². The van der Waals surface area contributed by atoms with Crippen LogP contribution in [0.25, 0.3) is 11.0 Å². The van der Waals surface area contributed by atoms with Gasteiger partial charge in [-0.1, -0.05) is 30.3 Å². The zero-order valence-corrected chi connectivity index (χ0v) is 17.7. The van der Waals surface area contributed by atoms with Crippen molar-refractivity contribution in [3.63, 3.8) is 0 Å². The van der Waals surface area contributed by atoms with E-state index in [4.69, 9.17) is 9.15 Å². The van der Waals surface area contributed by atoms with Gasteiger partial charge in [-0.25, -0.2) is 0 Å². The predicted molar refractivity (Wildman–Crippen MR) is 118 cm³/mol. The zero-order chi connectivity index (χ0) is 20.9. The third-order valence-electron chi connectivity index (χ3n) is 5.62. The monoisotopic (exact) mass is 407 g/mol. The molecule has 0 radical (unpaired) electrons. The maximum absolute atomic E-state index is 12.9. The number of likely N-dealkylation sites (N-methyl/N-ethyl adjacent to an activating group) is 1. The van der Waals surface area contributed by atoms with Gasteiger partial charge in [0.15, 0.2) is 0 Å². The molecule has 3 aromatic rings. The third kappa shape index (κ3) is 4.83. The SMILES string of the molecule is Cc1oc2ccc(OCc3ccccc3)cc2c1C(=O)NCCN1CCN(C)CC1. The Hall–Kier alpha value is -2.83. The lowest BCUT2D eigenvalue weighted by molar-refractivity contribution is 0.0941. The number of aryl methyl sites for hydroxylation is 1. The number of nitrogens with zero attached hydrogens (tertiary/aromatic N) is 2. The number of fused-ring (bicyclic) bond motifs is 1. The van der Waals surface area contributed by atoms with Crippen LogP contribution < -0.4 is 10.1 Å². The first-order chi connectivity index (χ1) is 14.6. The number of ether oxygens (including phenoxy) is 1. The summed E-state index contributed by atoms with van der Waals surface area (Å²) in [5.74, 6) is 1.25. The average Bonchev–Trinajstić information content (AvgIpc) is 3.09. The normalized spacial score (nSPS) is 15.4. The molecule has 158 valence electrons. The molecule has 6 heteroatoms. The first-order valence-electron chi connectivity index (χ1n) is 10.5. The van der Waals surface area contributed by atoms with Crippen molar-refractivity contribution in [3.8, 4) is 5.75 Å². The largest absolute Gasteiger partial charge is 0.489 e. The predicted octanol–water partition coefficient (Wildman–Crippen LogP) is 3.30. The van der Waals surface area contributed by atoms with Gasteiger partial charge in [0.25, 0.3) is 5.91 Å². The van der Waals surface area contributed by atoms with E-state index in [-0.39, 0.29) is 5.91 Å². The lowest BCUT2D eigenvalue weighted by Crippen LogP contribution is -2.46. The Bertz CT molecular complexity index is 992. The Morgan fingerprint density at radius 1 is 1.10 bits per heavy atom. The summed E-state index contributed by atoms with van der Waals surface area (Å²) in [6.45, 7) is 8.04. The molecule has 1 aromatic heterocycles. The molecule has 2 aromatic carbocycles. The maximum atomic E-state index is 12.9. The van der Waals surface area contributed by atoms with E-state index in [1.807, 2.05) is 55.5 Å². The molecule has 0 atom stereocenters. The van der Waals surface area contributed by atoms with Crippen LogP contribution in [0.4, 0.5) is 0 Å². The van der Waals surface area contributed by atoms with Crippen LogP contribution >= 0.6 is 0 Å². The molecule has 1 aliphatic rings. The number of rotatable bonds is 7. The van der Waals surface area contributed by atoms with E-state index in [0.717, 1.165) is 49.4 Å². The van der Waals surface area contributed by atoms with Crippen LogP contribution in [0.1, 0.15) is 21.7 Å². The van der Waals surface area contributed by atoms with Crippen molar-refractivity contribution in [3.05, 3.63) is 65.4 Å². The molecule has 6 nitrogen and oxygen atoms in total. The summed E-state index contributed by atoms with van der Waals surface area (Å²) in [6, 6.07) is 15.7. The first kappa shape index (κ1) is 20.4. The number of carbonyl (C=O) groups is 1. The summed E-state index contributed by atoms with van der Waals surface area (Å²) in [7, 11) is 2.14.